The molecular formula is C15H10N4OS2. The molecule has 1 N–H and O–H groups in total. The SMILES string of the molecule is N#Cc1ccccc1NC(=O)CSc1ncnc2sccc12. The van der Waals surface area contributed by atoms with E-state index in [9.17, 15) is 4.79 Å². The number of thioether (sulfide) groups is 1. The fourth-order valence-corrected chi connectivity index (χ4v) is 3.47. The fourth-order valence-electron chi connectivity index (χ4n) is 1.89. The number of thiophene rings is 1. The second kappa shape index (κ2) is 6.56. The lowest BCUT2D eigenvalue weighted by atomic mass is 10.2. The number of anilines is 1. The number of amides is 1. The highest BCUT2D eigenvalue weighted by molar-refractivity contribution is 8.00. The maximum absolute atomic E-state index is 12.0. The van der Waals surface area contributed by atoms with Gasteiger partial charge in [-0.2, -0.15) is 5.26 Å². The number of fused-ring (bicyclic) bond motifs is 1. The third-order valence-corrected chi connectivity index (χ3v) is 4.71. The monoisotopic (exact) mass is 326 g/mol. The normalized spacial score (nSPS) is 10.3. The Kier molecular flexibility index (Phi) is 4.32. The third-order valence-electron chi connectivity index (χ3n) is 2.89. The molecule has 3 aromatic rings. The molecule has 22 heavy (non-hydrogen) atoms. The van der Waals surface area contributed by atoms with Gasteiger partial charge in [-0.05, 0) is 23.6 Å². The molecule has 0 aliphatic rings. The van der Waals surface area contributed by atoms with E-state index in [1.54, 1.807) is 35.6 Å². The lowest BCUT2D eigenvalue weighted by Gasteiger charge is -2.06. The lowest BCUT2D eigenvalue weighted by molar-refractivity contribution is -0.113. The quantitative estimate of drug-likeness (QED) is 0.588. The molecule has 5 nitrogen and oxygen atoms in total. The molecule has 3 rings (SSSR count). The van der Waals surface area contributed by atoms with Gasteiger partial charge >= 0.3 is 0 Å². The van der Waals surface area contributed by atoms with Crippen LogP contribution in [-0.4, -0.2) is 21.6 Å². The summed E-state index contributed by atoms with van der Waals surface area (Å²) in [5.74, 6) is 0.0523. The lowest BCUT2D eigenvalue weighted by Crippen LogP contribution is -2.15. The predicted molar refractivity (Wildman–Crippen MR) is 87.9 cm³/mol. The summed E-state index contributed by atoms with van der Waals surface area (Å²) < 4.78 is 0. The molecule has 0 atom stereocenters. The van der Waals surface area contributed by atoms with Crippen LogP contribution in [0, 0.1) is 11.3 Å². The topological polar surface area (TPSA) is 78.7 Å². The molecule has 108 valence electrons. The van der Waals surface area contributed by atoms with Crippen molar-refractivity contribution in [2.45, 2.75) is 5.03 Å². The Morgan fingerprint density at radius 3 is 3.05 bits per heavy atom. The average Bonchev–Trinajstić information content (AvgIpc) is 3.02. The van der Waals surface area contributed by atoms with Crippen molar-refractivity contribution in [3.8, 4) is 6.07 Å². The molecule has 2 heterocycles. The van der Waals surface area contributed by atoms with Gasteiger partial charge in [0, 0.05) is 5.39 Å². The summed E-state index contributed by atoms with van der Waals surface area (Å²) in [6.45, 7) is 0. The number of nitrogens with one attached hydrogen (secondary N) is 1. The van der Waals surface area contributed by atoms with E-state index in [1.807, 2.05) is 11.4 Å². The number of carbonyl (C=O) groups is 1. The van der Waals surface area contributed by atoms with Crippen LogP contribution in [0.4, 0.5) is 5.69 Å². The average molecular weight is 326 g/mol. The number of hydrogen-bond donors (Lipinski definition) is 1. The number of nitrogens with zero attached hydrogens (tertiary/aromatic N) is 3. The molecule has 0 aliphatic carbocycles. The number of nitriles is 1. The first-order chi connectivity index (χ1) is 10.8. The second-order valence-electron chi connectivity index (χ2n) is 4.31. The van der Waals surface area contributed by atoms with Gasteiger partial charge in [0.15, 0.2) is 0 Å². The smallest absolute Gasteiger partial charge is 0.234 e. The molecule has 0 bridgehead atoms. The van der Waals surface area contributed by atoms with Crippen LogP contribution in [0.15, 0.2) is 47.1 Å². The van der Waals surface area contributed by atoms with Gasteiger partial charge in [-0.3, -0.25) is 4.79 Å². The Labute approximate surface area is 135 Å². The van der Waals surface area contributed by atoms with Crippen LogP contribution in [-0.2, 0) is 4.79 Å². The summed E-state index contributed by atoms with van der Waals surface area (Å²) in [5.41, 5.74) is 0.974. The van der Waals surface area contributed by atoms with Crippen molar-refractivity contribution >= 4 is 44.9 Å². The number of benzene rings is 1. The molecular weight excluding hydrogens is 316 g/mol. The molecule has 1 aromatic carbocycles. The zero-order valence-electron chi connectivity index (χ0n) is 11.3. The van der Waals surface area contributed by atoms with E-state index in [2.05, 4.69) is 21.4 Å². The Bertz CT molecular complexity index is 869. The molecule has 0 saturated heterocycles. The zero-order chi connectivity index (χ0) is 15.4. The van der Waals surface area contributed by atoms with E-state index in [-0.39, 0.29) is 11.7 Å². The van der Waals surface area contributed by atoms with Gasteiger partial charge in [0.2, 0.25) is 5.91 Å². The molecule has 2 aromatic heterocycles. The number of carbonyl (C=O) groups excluding carboxylic acids is 1. The van der Waals surface area contributed by atoms with E-state index in [0.717, 1.165) is 15.2 Å². The van der Waals surface area contributed by atoms with E-state index in [4.69, 9.17) is 5.26 Å². The maximum atomic E-state index is 12.0. The highest BCUT2D eigenvalue weighted by Gasteiger charge is 2.10. The van der Waals surface area contributed by atoms with Crippen LogP contribution in [0.1, 0.15) is 5.56 Å². The molecule has 7 heteroatoms. The highest BCUT2D eigenvalue weighted by Crippen LogP contribution is 2.27. The summed E-state index contributed by atoms with van der Waals surface area (Å²) in [6.07, 6.45) is 1.50. The Hall–Kier alpha value is -2.43. The van der Waals surface area contributed by atoms with E-state index in [1.165, 1.54) is 18.1 Å². The standard InChI is InChI=1S/C15H10N4OS2/c16-7-10-3-1-2-4-12(10)19-13(20)8-22-15-11-5-6-21-14(11)17-9-18-15/h1-6,9H,8H2,(H,19,20). The summed E-state index contributed by atoms with van der Waals surface area (Å²) in [7, 11) is 0. The van der Waals surface area contributed by atoms with E-state index < -0.39 is 0 Å². The summed E-state index contributed by atoms with van der Waals surface area (Å²) in [6, 6.07) is 10.9. The summed E-state index contributed by atoms with van der Waals surface area (Å²) in [4.78, 5) is 21.4. The minimum atomic E-state index is -0.172. The zero-order valence-corrected chi connectivity index (χ0v) is 12.9. The molecule has 0 aliphatic heterocycles. The first-order valence-electron chi connectivity index (χ1n) is 6.38. The van der Waals surface area contributed by atoms with Crippen LogP contribution in [0.25, 0.3) is 10.2 Å². The van der Waals surface area contributed by atoms with E-state index in [0.29, 0.717) is 11.3 Å². The number of aromatic nitrogens is 2. The largest absolute Gasteiger partial charge is 0.324 e. The molecule has 0 spiro atoms. The predicted octanol–water partition coefficient (Wildman–Crippen LogP) is 3.29. The molecule has 0 radical (unpaired) electrons. The third kappa shape index (κ3) is 3.08. The van der Waals surface area contributed by atoms with Gasteiger partial charge in [-0.25, -0.2) is 9.97 Å². The highest BCUT2D eigenvalue weighted by atomic mass is 32.2. The Balaban J connectivity index is 1.68. The molecule has 0 unspecified atom stereocenters. The van der Waals surface area contributed by atoms with Crippen molar-refractivity contribution < 1.29 is 4.79 Å². The number of hydrogen-bond acceptors (Lipinski definition) is 6. The van der Waals surface area contributed by atoms with Crippen molar-refractivity contribution in [3.05, 3.63) is 47.6 Å². The van der Waals surface area contributed by atoms with Gasteiger partial charge in [0.05, 0.1) is 17.0 Å². The molecule has 0 saturated carbocycles. The van der Waals surface area contributed by atoms with Crippen molar-refractivity contribution in [3.63, 3.8) is 0 Å². The van der Waals surface area contributed by atoms with Crippen molar-refractivity contribution in [1.82, 2.24) is 9.97 Å². The minimum absolute atomic E-state index is 0.172. The Morgan fingerprint density at radius 2 is 2.18 bits per heavy atom. The number of para-hydroxylation sites is 1. The Morgan fingerprint density at radius 1 is 1.32 bits per heavy atom. The van der Waals surface area contributed by atoms with Gasteiger partial charge in [-0.1, -0.05) is 23.9 Å². The van der Waals surface area contributed by atoms with Gasteiger partial charge in [0.25, 0.3) is 0 Å². The molecule has 1 amide bonds. The first kappa shape index (κ1) is 14.5. The minimum Gasteiger partial charge on any atom is -0.324 e. The van der Waals surface area contributed by atoms with Gasteiger partial charge in [-0.15, -0.1) is 11.3 Å². The first-order valence-corrected chi connectivity index (χ1v) is 8.24. The van der Waals surface area contributed by atoms with Crippen molar-refractivity contribution in [2.75, 3.05) is 11.1 Å². The van der Waals surface area contributed by atoms with Crippen molar-refractivity contribution in [2.24, 2.45) is 0 Å². The van der Waals surface area contributed by atoms with Crippen molar-refractivity contribution in [1.29, 1.82) is 5.26 Å². The second-order valence-corrected chi connectivity index (χ2v) is 6.17. The maximum Gasteiger partial charge on any atom is 0.234 e. The summed E-state index contributed by atoms with van der Waals surface area (Å²) >= 11 is 2.90. The van der Waals surface area contributed by atoms with Crippen LogP contribution in [0.2, 0.25) is 0 Å². The molecule has 0 fully saturated rings. The fraction of sp³-hybridized carbons (Fsp3) is 0.0667. The van der Waals surface area contributed by atoms with Crippen LogP contribution < -0.4 is 5.32 Å². The van der Waals surface area contributed by atoms with Crippen LogP contribution in [0.3, 0.4) is 0 Å². The van der Waals surface area contributed by atoms with E-state index >= 15 is 0 Å². The van der Waals surface area contributed by atoms with Crippen LogP contribution >= 0.6 is 23.1 Å². The van der Waals surface area contributed by atoms with Crippen LogP contribution in [0.5, 0.6) is 0 Å². The van der Waals surface area contributed by atoms with Gasteiger partial charge < -0.3 is 5.32 Å². The number of rotatable bonds is 4. The summed E-state index contributed by atoms with van der Waals surface area (Å²) in [5, 5.41) is 15.5. The van der Waals surface area contributed by atoms with Gasteiger partial charge in [0.1, 0.15) is 22.3 Å².